The molecule has 6 heteroatoms. The third kappa shape index (κ3) is 3.97. The molecule has 0 radical (unpaired) electrons. The zero-order valence-electron chi connectivity index (χ0n) is 11.2. The van der Waals surface area contributed by atoms with Crippen molar-refractivity contribution in [3.05, 3.63) is 59.7 Å². The molecule has 0 bridgehead atoms. The van der Waals surface area contributed by atoms with Gasteiger partial charge in [-0.05, 0) is 29.8 Å². The highest BCUT2D eigenvalue weighted by molar-refractivity contribution is 5.92. The second kappa shape index (κ2) is 6.42. The first-order chi connectivity index (χ1) is 10.1. The van der Waals surface area contributed by atoms with Crippen LogP contribution in [0.1, 0.15) is 15.9 Å². The number of rotatable bonds is 4. The van der Waals surface area contributed by atoms with Crippen molar-refractivity contribution in [1.82, 2.24) is 5.32 Å². The van der Waals surface area contributed by atoms with Gasteiger partial charge in [-0.2, -0.15) is 0 Å². The minimum atomic E-state index is -0.980. The molecule has 2 amide bonds. The van der Waals surface area contributed by atoms with Crippen molar-refractivity contribution in [2.75, 3.05) is 11.1 Å². The average molecular weight is 285 g/mol. The predicted molar refractivity (Wildman–Crippen MR) is 80.1 cm³/mol. The van der Waals surface area contributed by atoms with Crippen LogP contribution in [0.5, 0.6) is 0 Å². The van der Waals surface area contributed by atoms with Crippen LogP contribution in [0.4, 0.5) is 16.2 Å². The summed E-state index contributed by atoms with van der Waals surface area (Å²) in [6.07, 6.45) is 0. The molecule has 2 rings (SSSR count). The zero-order chi connectivity index (χ0) is 15.2. The van der Waals surface area contributed by atoms with E-state index in [1.165, 1.54) is 12.1 Å². The SMILES string of the molecule is Nc1ccccc1NC(=O)NCc1ccc(C(=O)O)cc1. The third-order valence-electron chi connectivity index (χ3n) is 2.86. The molecule has 0 fully saturated rings. The number of nitrogens with two attached hydrogens (primary N) is 1. The lowest BCUT2D eigenvalue weighted by Gasteiger charge is -2.09. The summed E-state index contributed by atoms with van der Waals surface area (Å²) in [5.74, 6) is -0.980. The largest absolute Gasteiger partial charge is 0.478 e. The van der Waals surface area contributed by atoms with Crippen molar-refractivity contribution in [3.63, 3.8) is 0 Å². The van der Waals surface area contributed by atoms with E-state index in [1.807, 2.05) is 0 Å². The average Bonchev–Trinajstić information content (AvgIpc) is 2.48. The van der Waals surface area contributed by atoms with Gasteiger partial charge in [0.2, 0.25) is 0 Å². The number of para-hydroxylation sites is 2. The van der Waals surface area contributed by atoms with Gasteiger partial charge in [0.1, 0.15) is 0 Å². The zero-order valence-corrected chi connectivity index (χ0v) is 11.2. The standard InChI is InChI=1S/C15H15N3O3/c16-12-3-1-2-4-13(12)18-15(21)17-9-10-5-7-11(8-6-10)14(19)20/h1-8H,9,16H2,(H,19,20)(H2,17,18,21). The highest BCUT2D eigenvalue weighted by Gasteiger charge is 2.05. The normalized spacial score (nSPS) is 9.90. The maximum absolute atomic E-state index is 11.7. The van der Waals surface area contributed by atoms with E-state index in [0.717, 1.165) is 5.56 Å². The molecule has 0 unspecified atom stereocenters. The summed E-state index contributed by atoms with van der Waals surface area (Å²) >= 11 is 0. The molecule has 0 heterocycles. The molecule has 5 N–H and O–H groups in total. The van der Waals surface area contributed by atoms with Gasteiger partial charge < -0.3 is 21.5 Å². The summed E-state index contributed by atoms with van der Waals surface area (Å²) in [6.45, 7) is 0.290. The smallest absolute Gasteiger partial charge is 0.335 e. The first kappa shape index (κ1) is 14.4. The number of carbonyl (C=O) groups is 2. The van der Waals surface area contributed by atoms with E-state index in [4.69, 9.17) is 10.8 Å². The lowest BCUT2D eigenvalue weighted by molar-refractivity contribution is 0.0697. The number of hydrogen-bond donors (Lipinski definition) is 4. The van der Waals surface area contributed by atoms with Crippen LogP contribution in [0.2, 0.25) is 0 Å². The Labute approximate surface area is 121 Å². The minimum Gasteiger partial charge on any atom is -0.478 e. The van der Waals surface area contributed by atoms with Crippen molar-refractivity contribution >= 4 is 23.4 Å². The lowest BCUT2D eigenvalue weighted by Crippen LogP contribution is -2.28. The summed E-state index contributed by atoms with van der Waals surface area (Å²) in [5.41, 5.74) is 7.76. The van der Waals surface area contributed by atoms with Crippen molar-refractivity contribution in [3.8, 4) is 0 Å². The molecule has 0 aliphatic carbocycles. The third-order valence-corrected chi connectivity index (χ3v) is 2.86. The number of carboxylic acids is 1. The number of amides is 2. The van der Waals surface area contributed by atoms with Gasteiger partial charge in [-0.15, -0.1) is 0 Å². The highest BCUT2D eigenvalue weighted by Crippen LogP contribution is 2.16. The van der Waals surface area contributed by atoms with Gasteiger partial charge in [-0.3, -0.25) is 0 Å². The van der Waals surface area contributed by atoms with Gasteiger partial charge in [-0.1, -0.05) is 24.3 Å². The Morgan fingerprint density at radius 2 is 1.71 bits per heavy atom. The second-order valence-corrected chi connectivity index (χ2v) is 4.40. The van der Waals surface area contributed by atoms with Crippen LogP contribution >= 0.6 is 0 Å². The molecule has 108 valence electrons. The number of carbonyl (C=O) groups excluding carboxylic acids is 1. The Balaban J connectivity index is 1.89. The van der Waals surface area contributed by atoms with Crippen molar-refractivity contribution < 1.29 is 14.7 Å². The Morgan fingerprint density at radius 3 is 2.33 bits per heavy atom. The quantitative estimate of drug-likeness (QED) is 0.647. The Kier molecular flexibility index (Phi) is 4.40. The van der Waals surface area contributed by atoms with Gasteiger partial charge in [-0.25, -0.2) is 9.59 Å². The van der Waals surface area contributed by atoms with Gasteiger partial charge in [0.15, 0.2) is 0 Å². The molecular formula is C15H15N3O3. The number of benzene rings is 2. The number of nitrogens with one attached hydrogen (secondary N) is 2. The number of nitrogen functional groups attached to an aromatic ring is 1. The van der Waals surface area contributed by atoms with E-state index in [-0.39, 0.29) is 11.6 Å². The predicted octanol–water partition coefficient (Wildman–Crippen LogP) is 2.29. The maximum atomic E-state index is 11.7. The van der Waals surface area contributed by atoms with E-state index in [9.17, 15) is 9.59 Å². The topological polar surface area (TPSA) is 104 Å². The number of urea groups is 1. The van der Waals surface area contributed by atoms with Gasteiger partial charge in [0.05, 0.1) is 16.9 Å². The number of hydrogen-bond acceptors (Lipinski definition) is 3. The molecule has 0 aromatic heterocycles. The molecule has 2 aromatic rings. The van der Waals surface area contributed by atoms with Gasteiger partial charge in [0, 0.05) is 6.54 Å². The monoisotopic (exact) mass is 285 g/mol. The molecule has 0 aliphatic rings. The van der Waals surface area contributed by atoms with E-state index >= 15 is 0 Å². The van der Waals surface area contributed by atoms with Crippen LogP contribution in [-0.4, -0.2) is 17.1 Å². The fourth-order valence-corrected chi connectivity index (χ4v) is 1.72. The number of carboxylic acid groups (broad SMARTS) is 1. The Hall–Kier alpha value is -3.02. The first-order valence-electron chi connectivity index (χ1n) is 6.28. The summed E-state index contributed by atoms with van der Waals surface area (Å²) in [5, 5.41) is 14.1. The van der Waals surface area contributed by atoms with Crippen LogP contribution < -0.4 is 16.4 Å². The minimum absolute atomic E-state index is 0.209. The molecule has 6 nitrogen and oxygen atoms in total. The molecule has 0 spiro atoms. The van der Waals surface area contributed by atoms with E-state index in [0.29, 0.717) is 17.9 Å². The van der Waals surface area contributed by atoms with E-state index in [1.54, 1.807) is 36.4 Å². The molecule has 0 saturated heterocycles. The fourth-order valence-electron chi connectivity index (χ4n) is 1.72. The molecule has 2 aromatic carbocycles. The molecule has 21 heavy (non-hydrogen) atoms. The van der Waals surface area contributed by atoms with Gasteiger partial charge in [0.25, 0.3) is 0 Å². The maximum Gasteiger partial charge on any atom is 0.335 e. The van der Waals surface area contributed by atoms with Gasteiger partial charge >= 0.3 is 12.0 Å². The number of anilines is 2. The molecule has 0 aliphatic heterocycles. The second-order valence-electron chi connectivity index (χ2n) is 4.40. The summed E-state index contributed by atoms with van der Waals surface area (Å²) in [6, 6.07) is 12.9. The number of aromatic carboxylic acids is 1. The van der Waals surface area contributed by atoms with Crippen LogP contribution in [0.25, 0.3) is 0 Å². The lowest BCUT2D eigenvalue weighted by atomic mass is 10.1. The van der Waals surface area contributed by atoms with Crippen LogP contribution in [0.15, 0.2) is 48.5 Å². The Morgan fingerprint density at radius 1 is 1.05 bits per heavy atom. The summed E-state index contributed by atoms with van der Waals surface area (Å²) < 4.78 is 0. The van der Waals surface area contributed by atoms with Crippen molar-refractivity contribution in [2.24, 2.45) is 0 Å². The van der Waals surface area contributed by atoms with E-state index < -0.39 is 5.97 Å². The van der Waals surface area contributed by atoms with Crippen LogP contribution in [-0.2, 0) is 6.54 Å². The molecular weight excluding hydrogens is 270 g/mol. The Bertz CT molecular complexity index is 653. The molecule has 0 saturated carbocycles. The highest BCUT2D eigenvalue weighted by atomic mass is 16.4. The fraction of sp³-hybridized carbons (Fsp3) is 0.0667. The summed E-state index contributed by atoms with van der Waals surface area (Å²) in [4.78, 5) is 22.5. The van der Waals surface area contributed by atoms with E-state index in [2.05, 4.69) is 10.6 Å². The first-order valence-corrected chi connectivity index (χ1v) is 6.28. The summed E-state index contributed by atoms with van der Waals surface area (Å²) in [7, 11) is 0. The van der Waals surface area contributed by atoms with Crippen molar-refractivity contribution in [1.29, 1.82) is 0 Å². The van der Waals surface area contributed by atoms with Crippen molar-refractivity contribution in [2.45, 2.75) is 6.54 Å². The molecule has 0 atom stereocenters. The van der Waals surface area contributed by atoms with Crippen LogP contribution in [0.3, 0.4) is 0 Å². The van der Waals surface area contributed by atoms with Crippen LogP contribution in [0, 0.1) is 0 Å².